The molecule has 0 radical (unpaired) electrons. The van der Waals surface area contributed by atoms with Crippen molar-refractivity contribution in [3.05, 3.63) is 0 Å². The summed E-state index contributed by atoms with van der Waals surface area (Å²) in [6, 6.07) is -1.59. The lowest BCUT2D eigenvalue weighted by molar-refractivity contribution is -0.151. The molecule has 2 rings (SSSR count). The monoisotopic (exact) mass is 537 g/mol. The summed E-state index contributed by atoms with van der Waals surface area (Å²) in [5, 5.41) is 3.09. The molecule has 2 fully saturated rings. The van der Waals surface area contributed by atoms with Crippen LogP contribution in [0, 0.1) is 11.3 Å². The lowest BCUT2D eigenvalue weighted by Crippen LogP contribution is -2.60. The second-order valence-electron chi connectivity index (χ2n) is 12.5. The summed E-state index contributed by atoms with van der Waals surface area (Å²) < 4.78 is 4.87. The number of hydrogen-bond donors (Lipinski definition) is 1. The molecule has 0 bridgehead atoms. The Morgan fingerprint density at radius 3 is 2.18 bits per heavy atom. The van der Waals surface area contributed by atoms with Gasteiger partial charge in [-0.1, -0.05) is 41.0 Å². The molecule has 4 atom stereocenters. The summed E-state index contributed by atoms with van der Waals surface area (Å²) >= 11 is 0. The lowest BCUT2D eigenvalue weighted by atomic mass is 9.84. The van der Waals surface area contributed by atoms with Gasteiger partial charge in [0.25, 0.3) is 0 Å². The smallest absolute Gasteiger partial charge is 0.328 e. The fourth-order valence-corrected chi connectivity index (χ4v) is 5.59. The second kappa shape index (κ2) is 13.7. The SMILES string of the molecule is COC(=O)[C@@H]1CCCN1C(=O)CN(C)C[C@H](C(C)C)N(C)C(=O)C(NC(=O)[C@H]1CCCCN1C)C(C)(C)C. The first-order valence-corrected chi connectivity index (χ1v) is 14.0. The van der Waals surface area contributed by atoms with E-state index in [0.717, 1.165) is 32.2 Å². The summed E-state index contributed by atoms with van der Waals surface area (Å²) in [5.41, 5.74) is -0.476. The molecule has 1 unspecified atom stereocenters. The molecule has 2 saturated heterocycles. The standard InChI is InChI=1S/C28H51N5O5/c1-19(2)22(17-30(6)18-23(34)33-16-12-14-21(33)27(37)38-9)32(8)26(36)24(28(3,4)5)29-25(35)20-13-10-11-15-31(20)7/h19-22,24H,10-18H2,1-9H3,(H,29,35)/t20-,21+,22-,24?/m1/s1. The topological polar surface area (TPSA) is 102 Å². The van der Waals surface area contributed by atoms with Gasteiger partial charge in [0, 0.05) is 26.2 Å². The number of methoxy groups -OCH3 is 1. The number of amides is 3. The van der Waals surface area contributed by atoms with E-state index in [-0.39, 0.29) is 48.2 Å². The molecule has 3 amide bonds. The van der Waals surface area contributed by atoms with Crippen molar-refractivity contribution in [1.29, 1.82) is 0 Å². The molecular weight excluding hydrogens is 486 g/mol. The lowest BCUT2D eigenvalue weighted by Gasteiger charge is -2.40. The number of hydrogen-bond acceptors (Lipinski definition) is 7. The van der Waals surface area contributed by atoms with Gasteiger partial charge in [-0.15, -0.1) is 0 Å². The van der Waals surface area contributed by atoms with E-state index in [1.54, 1.807) is 16.8 Å². The predicted octanol–water partition coefficient (Wildman–Crippen LogP) is 1.58. The van der Waals surface area contributed by atoms with E-state index in [2.05, 4.69) is 24.1 Å². The largest absolute Gasteiger partial charge is 0.467 e. The minimum Gasteiger partial charge on any atom is -0.467 e. The van der Waals surface area contributed by atoms with E-state index < -0.39 is 17.5 Å². The Labute approximate surface area is 229 Å². The Bertz CT molecular complexity index is 842. The molecule has 1 N–H and O–H groups in total. The van der Waals surface area contributed by atoms with Gasteiger partial charge in [0.2, 0.25) is 17.7 Å². The Kier molecular flexibility index (Phi) is 11.6. The third-order valence-electron chi connectivity index (χ3n) is 8.04. The number of rotatable bonds is 10. The minimum absolute atomic E-state index is 0.0940. The quantitative estimate of drug-likeness (QED) is 0.422. The Morgan fingerprint density at radius 2 is 1.63 bits per heavy atom. The minimum atomic E-state index is -0.672. The van der Waals surface area contributed by atoms with Crippen LogP contribution in [0.5, 0.6) is 0 Å². The van der Waals surface area contributed by atoms with E-state index in [4.69, 9.17) is 4.74 Å². The average molecular weight is 538 g/mol. The first-order valence-electron chi connectivity index (χ1n) is 14.0. The molecule has 2 aliphatic heterocycles. The molecule has 0 aromatic heterocycles. The average Bonchev–Trinajstić information content (AvgIpc) is 3.34. The van der Waals surface area contributed by atoms with Crippen molar-refractivity contribution < 1.29 is 23.9 Å². The Hall–Kier alpha value is -2.20. The van der Waals surface area contributed by atoms with Crippen LogP contribution in [0.2, 0.25) is 0 Å². The highest BCUT2D eigenvalue weighted by Gasteiger charge is 2.40. The first kappa shape index (κ1) is 32.0. The number of likely N-dealkylation sites (tertiary alicyclic amines) is 2. The summed E-state index contributed by atoms with van der Waals surface area (Å²) in [4.78, 5) is 59.5. The van der Waals surface area contributed by atoms with Crippen LogP contribution >= 0.6 is 0 Å². The molecule has 2 heterocycles. The number of ether oxygens (including phenoxy) is 1. The van der Waals surface area contributed by atoms with Gasteiger partial charge in [-0.05, 0) is 57.7 Å². The van der Waals surface area contributed by atoms with Crippen molar-refractivity contribution >= 4 is 23.7 Å². The zero-order chi connectivity index (χ0) is 28.8. The second-order valence-corrected chi connectivity index (χ2v) is 12.5. The summed E-state index contributed by atoms with van der Waals surface area (Å²) in [7, 11) is 6.95. The van der Waals surface area contributed by atoms with Crippen LogP contribution in [0.4, 0.5) is 0 Å². The van der Waals surface area contributed by atoms with Crippen LogP contribution in [-0.2, 0) is 23.9 Å². The molecule has 2 aliphatic rings. The van der Waals surface area contributed by atoms with Crippen molar-refractivity contribution in [2.75, 3.05) is 54.4 Å². The van der Waals surface area contributed by atoms with E-state index in [1.165, 1.54) is 7.11 Å². The van der Waals surface area contributed by atoms with Crippen molar-refractivity contribution in [3.63, 3.8) is 0 Å². The number of carbonyl (C=O) groups excluding carboxylic acids is 4. The van der Waals surface area contributed by atoms with Gasteiger partial charge >= 0.3 is 5.97 Å². The molecule has 10 heteroatoms. The highest BCUT2D eigenvalue weighted by atomic mass is 16.5. The zero-order valence-electron chi connectivity index (χ0n) is 25.1. The molecule has 0 saturated carbocycles. The van der Waals surface area contributed by atoms with Crippen molar-refractivity contribution in [1.82, 2.24) is 24.9 Å². The first-order chi connectivity index (χ1) is 17.7. The van der Waals surface area contributed by atoms with E-state index in [1.807, 2.05) is 39.8 Å². The predicted molar refractivity (Wildman–Crippen MR) is 147 cm³/mol. The van der Waals surface area contributed by atoms with Crippen LogP contribution in [-0.4, -0.2) is 122 Å². The number of piperidine rings is 1. The number of esters is 1. The number of likely N-dealkylation sites (N-methyl/N-ethyl adjacent to an activating group) is 3. The van der Waals surface area contributed by atoms with Gasteiger partial charge in [-0.3, -0.25) is 24.2 Å². The number of nitrogens with zero attached hydrogens (tertiary/aromatic N) is 4. The number of nitrogens with one attached hydrogen (secondary N) is 1. The van der Waals surface area contributed by atoms with Gasteiger partial charge in [0.15, 0.2) is 0 Å². The third-order valence-corrected chi connectivity index (χ3v) is 8.04. The summed E-state index contributed by atoms with van der Waals surface area (Å²) in [6.45, 7) is 12.1. The molecule has 0 spiro atoms. The molecule has 0 aromatic rings. The fourth-order valence-electron chi connectivity index (χ4n) is 5.59. The van der Waals surface area contributed by atoms with Gasteiger partial charge < -0.3 is 19.9 Å². The molecular formula is C28H51N5O5. The van der Waals surface area contributed by atoms with E-state index in [0.29, 0.717) is 19.5 Å². The van der Waals surface area contributed by atoms with Crippen molar-refractivity contribution in [2.45, 2.75) is 90.9 Å². The highest BCUT2D eigenvalue weighted by Crippen LogP contribution is 2.25. The van der Waals surface area contributed by atoms with Crippen molar-refractivity contribution in [3.8, 4) is 0 Å². The third kappa shape index (κ3) is 8.15. The van der Waals surface area contributed by atoms with Crippen LogP contribution in [0.3, 0.4) is 0 Å². The van der Waals surface area contributed by atoms with Gasteiger partial charge in [0.1, 0.15) is 12.1 Å². The van der Waals surface area contributed by atoms with Gasteiger partial charge in [-0.2, -0.15) is 0 Å². The molecule has 0 aliphatic carbocycles. The van der Waals surface area contributed by atoms with Crippen LogP contribution in [0.15, 0.2) is 0 Å². The van der Waals surface area contributed by atoms with E-state index in [9.17, 15) is 19.2 Å². The normalized spacial score (nSPS) is 22.3. The van der Waals surface area contributed by atoms with Gasteiger partial charge in [-0.25, -0.2) is 4.79 Å². The molecule has 218 valence electrons. The molecule has 38 heavy (non-hydrogen) atoms. The Morgan fingerprint density at radius 1 is 1.00 bits per heavy atom. The van der Waals surface area contributed by atoms with Gasteiger partial charge in [0.05, 0.1) is 19.7 Å². The maximum Gasteiger partial charge on any atom is 0.328 e. The van der Waals surface area contributed by atoms with Crippen LogP contribution < -0.4 is 5.32 Å². The molecule has 10 nitrogen and oxygen atoms in total. The van der Waals surface area contributed by atoms with Crippen LogP contribution in [0.1, 0.15) is 66.7 Å². The Balaban J connectivity index is 2.10. The zero-order valence-corrected chi connectivity index (χ0v) is 25.1. The maximum atomic E-state index is 13.9. The summed E-state index contributed by atoms with van der Waals surface area (Å²) in [5.74, 6) is -0.597. The highest BCUT2D eigenvalue weighted by molar-refractivity contribution is 5.90. The maximum absolute atomic E-state index is 13.9. The number of carbonyl (C=O) groups is 4. The summed E-state index contributed by atoms with van der Waals surface area (Å²) in [6.07, 6.45) is 4.28. The molecule has 0 aromatic carbocycles. The van der Waals surface area contributed by atoms with E-state index >= 15 is 0 Å². The fraction of sp³-hybridized carbons (Fsp3) is 0.857. The van der Waals surface area contributed by atoms with Crippen molar-refractivity contribution in [2.24, 2.45) is 11.3 Å². The van der Waals surface area contributed by atoms with Crippen LogP contribution in [0.25, 0.3) is 0 Å².